The summed E-state index contributed by atoms with van der Waals surface area (Å²) in [5, 5.41) is 10.2. The van der Waals surface area contributed by atoms with Gasteiger partial charge in [0.25, 0.3) is 0 Å². The summed E-state index contributed by atoms with van der Waals surface area (Å²) >= 11 is 0. The Morgan fingerprint density at radius 2 is 1.95 bits per heavy atom. The van der Waals surface area contributed by atoms with Crippen LogP contribution in [0.3, 0.4) is 0 Å². The van der Waals surface area contributed by atoms with E-state index < -0.39 is 0 Å². The summed E-state index contributed by atoms with van der Waals surface area (Å²) in [6.07, 6.45) is 0. The Balaban J connectivity index is 2.27. The van der Waals surface area contributed by atoms with Crippen molar-refractivity contribution >= 4 is 22.8 Å². The zero-order valence-electron chi connectivity index (χ0n) is 11.9. The second kappa shape index (κ2) is 5.45. The Kier molecular flexibility index (Phi) is 3.48. The first-order chi connectivity index (χ1) is 10.6. The van der Waals surface area contributed by atoms with Crippen molar-refractivity contribution < 1.29 is 9.84 Å². The van der Waals surface area contributed by atoms with Crippen molar-refractivity contribution in [1.29, 1.82) is 0 Å². The number of methoxy groups -OCH3 is 1. The fourth-order valence-electron chi connectivity index (χ4n) is 2.28. The molecule has 0 fully saturated rings. The molecular weight excluding hydrogens is 282 g/mol. The Morgan fingerprint density at radius 1 is 1.14 bits per heavy atom. The molecule has 7 nitrogen and oxygen atoms in total. The number of hydrogen-bond acceptors (Lipinski definition) is 7. The first-order valence-electron chi connectivity index (χ1n) is 6.60. The lowest BCUT2D eigenvalue weighted by Gasteiger charge is -2.11. The van der Waals surface area contributed by atoms with Crippen molar-refractivity contribution in [1.82, 2.24) is 15.0 Å². The van der Waals surface area contributed by atoms with Crippen LogP contribution in [0.15, 0.2) is 30.3 Å². The highest BCUT2D eigenvalue weighted by Gasteiger charge is 2.13. The molecule has 0 amide bonds. The average molecular weight is 297 g/mol. The fraction of sp³-hybridized carbons (Fsp3) is 0.133. The van der Waals surface area contributed by atoms with Crippen molar-refractivity contribution in [3.63, 3.8) is 0 Å². The lowest BCUT2D eigenvalue weighted by atomic mass is 10.0. The van der Waals surface area contributed by atoms with Gasteiger partial charge < -0.3 is 21.3 Å². The van der Waals surface area contributed by atoms with Crippen LogP contribution in [0.2, 0.25) is 0 Å². The Labute approximate surface area is 126 Å². The van der Waals surface area contributed by atoms with Gasteiger partial charge >= 0.3 is 0 Å². The van der Waals surface area contributed by atoms with E-state index in [0.717, 1.165) is 5.56 Å². The molecule has 0 aliphatic rings. The standard InChI is InChI=1S/C15H15N5O2/c1-22-10-4-2-3-8(5-10)12-9(7-21)6-11-13(16)19-15(17)20-14(11)18-12/h2-6,21H,7H2,1H3,(H4,16,17,18,19,20). The molecular formula is C15H15N5O2. The summed E-state index contributed by atoms with van der Waals surface area (Å²) in [6.45, 7) is -0.181. The number of ether oxygens (including phenoxy) is 1. The number of pyridine rings is 1. The first-order valence-corrected chi connectivity index (χ1v) is 6.60. The van der Waals surface area contributed by atoms with Crippen LogP contribution in [0.4, 0.5) is 11.8 Å². The van der Waals surface area contributed by atoms with Crippen molar-refractivity contribution in [3.8, 4) is 17.0 Å². The molecule has 3 aromatic rings. The topological polar surface area (TPSA) is 120 Å². The molecule has 0 aliphatic carbocycles. The minimum atomic E-state index is -0.181. The number of aliphatic hydroxyl groups excluding tert-OH is 1. The van der Waals surface area contributed by atoms with Gasteiger partial charge in [-0.3, -0.25) is 0 Å². The maximum atomic E-state index is 9.63. The molecule has 0 radical (unpaired) electrons. The Morgan fingerprint density at radius 3 is 2.68 bits per heavy atom. The minimum Gasteiger partial charge on any atom is -0.497 e. The van der Waals surface area contributed by atoms with E-state index >= 15 is 0 Å². The van der Waals surface area contributed by atoms with Gasteiger partial charge in [-0.25, -0.2) is 4.98 Å². The van der Waals surface area contributed by atoms with Gasteiger partial charge in [-0.2, -0.15) is 9.97 Å². The molecule has 1 aromatic carbocycles. The van der Waals surface area contributed by atoms with Crippen LogP contribution in [-0.2, 0) is 6.61 Å². The number of fused-ring (bicyclic) bond motifs is 1. The number of benzene rings is 1. The molecule has 22 heavy (non-hydrogen) atoms. The first kappa shape index (κ1) is 14.0. The summed E-state index contributed by atoms with van der Waals surface area (Å²) in [7, 11) is 1.59. The van der Waals surface area contributed by atoms with Crippen molar-refractivity contribution in [3.05, 3.63) is 35.9 Å². The highest BCUT2D eigenvalue weighted by molar-refractivity contribution is 5.89. The maximum Gasteiger partial charge on any atom is 0.224 e. The molecule has 0 spiro atoms. The number of nitrogens with zero attached hydrogens (tertiary/aromatic N) is 3. The number of rotatable bonds is 3. The number of hydrogen-bond donors (Lipinski definition) is 3. The van der Waals surface area contributed by atoms with Crippen LogP contribution < -0.4 is 16.2 Å². The van der Waals surface area contributed by atoms with Gasteiger partial charge in [0.2, 0.25) is 5.95 Å². The van der Waals surface area contributed by atoms with Crippen LogP contribution in [-0.4, -0.2) is 27.2 Å². The third-order valence-electron chi connectivity index (χ3n) is 3.33. The molecule has 3 rings (SSSR count). The van der Waals surface area contributed by atoms with Crippen LogP contribution in [0.1, 0.15) is 5.56 Å². The van der Waals surface area contributed by atoms with Gasteiger partial charge in [-0.05, 0) is 18.2 Å². The third kappa shape index (κ3) is 2.38. The summed E-state index contributed by atoms with van der Waals surface area (Å²) in [5.41, 5.74) is 13.9. The van der Waals surface area contributed by atoms with Crippen LogP contribution in [0.5, 0.6) is 5.75 Å². The van der Waals surface area contributed by atoms with E-state index in [1.807, 2.05) is 24.3 Å². The number of nitrogens with two attached hydrogens (primary N) is 2. The third-order valence-corrected chi connectivity index (χ3v) is 3.33. The Bertz CT molecular complexity index is 851. The van der Waals surface area contributed by atoms with Crippen molar-refractivity contribution in [2.75, 3.05) is 18.6 Å². The van der Waals surface area contributed by atoms with Crippen LogP contribution in [0.25, 0.3) is 22.3 Å². The number of aromatic nitrogens is 3. The zero-order valence-corrected chi connectivity index (χ0v) is 11.9. The normalized spacial score (nSPS) is 10.8. The van der Waals surface area contributed by atoms with E-state index in [1.54, 1.807) is 13.2 Å². The van der Waals surface area contributed by atoms with Gasteiger partial charge in [0.1, 0.15) is 11.6 Å². The molecule has 2 heterocycles. The van der Waals surface area contributed by atoms with E-state index in [4.69, 9.17) is 16.2 Å². The maximum absolute atomic E-state index is 9.63. The summed E-state index contributed by atoms with van der Waals surface area (Å²) in [5.74, 6) is 0.998. The van der Waals surface area contributed by atoms with Gasteiger partial charge in [0.05, 0.1) is 24.8 Å². The highest BCUT2D eigenvalue weighted by Crippen LogP contribution is 2.29. The monoisotopic (exact) mass is 297 g/mol. The molecule has 0 bridgehead atoms. The zero-order chi connectivity index (χ0) is 15.7. The molecule has 0 unspecified atom stereocenters. The van der Waals surface area contributed by atoms with Gasteiger partial charge in [0, 0.05) is 11.1 Å². The second-order valence-electron chi connectivity index (χ2n) is 4.72. The second-order valence-corrected chi connectivity index (χ2v) is 4.72. The summed E-state index contributed by atoms with van der Waals surface area (Å²) in [4.78, 5) is 12.5. The lowest BCUT2D eigenvalue weighted by Crippen LogP contribution is -2.04. The quantitative estimate of drug-likeness (QED) is 0.667. The number of nitrogen functional groups attached to an aromatic ring is 2. The lowest BCUT2D eigenvalue weighted by molar-refractivity contribution is 0.282. The van der Waals surface area contributed by atoms with Gasteiger partial charge in [-0.1, -0.05) is 12.1 Å². The molecule has 0 aliphatic heterocycles. The predicted octanol–water partition coefficient (Wildman–Crippen LogP) is 1.36. The van der Waals surface area contributed by atoms with Crippen LogP contribution >= 0.6 is 0 Å². The van der Waals surface area contributed by atoms with Crippen molar-refractivity contribution in [2.24, 2.45) is 0 Å². The molecule has 0 saturated heterocycles. The van der Waals surface area contributed by atoms with E-state index in [-0.39, 0.29) is 18.4 Å². The van der Waals surface area contributed by atoms with E-state index in [2.05, 4.69) is 15.0 Å². The highest BCUT2D eigenvalue weighted by atomic mass is 16.5. The van der Waals surface area contributed by atoms with Gasteiger partial charge in [0.15, 0.2) is 5.65 Å². The molecule has 0 atom stereocenters. The SMILES string of the molecule is COc1cccc(-c2nc3nc(N)nc(N)c3cc2CO)c1. The summed E-state index contributed by atoms with van der Waals surface area (Å²) < 4.78 is 5.22. The number of anilines is 2. The number of aliphatic hydroxyl groups is 1. The molecule has 5 N–H and O–H groups in total. The largest absolute Gasteiger partial charge is 0.497 e. The van der Waals surface area contributed by atoms with Gasteiger partial charge in [-0.15, -0.1) is 0 Å². The summed E-state index contributed by atoms with van der Waals surface area (Å²) in [6, 6.07) is 9.13. The average Bonchev–Trinajstić information content (AvgIpc) is 2.53. The molecule has 112 valence electrons. The molecule has 2 aromatic heterocycles. The van der Waals surface area contributed by atoms with Crippen molar-refractivity contribution in [2.45, 2.75) is 6.61 Å². The van der Waals surface area contributed by atoms with E-state index in [1.165, 1.54) is 0 Å². The molecule has 0 saturated carbocycles. The fourth-order valence-corrected chi connectivity index (χ4v) is 2.28. The van der Waals surface area contributed by atoms with E-state index in [0.29, 0.717) is 28.0 Å². The predicted molar refractivity (Wildman–Crippen MR) is 84.1 cm³/mol. The minimum absolute atomic E-state index is 0.0610. The van der Waals surface area contributed by atoms with E-state index in [9.17, 15) is 5.11 Å². The Hall–Kier alpha value is -2.93. The smallest absolute Gasteiger partial charge is 0.224 e. The molecule has 7 heteroatoms. The van der Waals surface area contributed by atoms with Crippen LogP contribution in [0, 0.1) is 0 Å².